The van der Waals surface area contributed by atoms with Gasteiger partial charge in [0.05, 0.1) is 6.61 Å². The molecule has 0 spiro atoms. The molecule has 0 aromatic heterocycles. The molecule has 1 aromatic carbocycles. The number of benzene rings is 1. The molecule has 1 amide bonds. The number of anilines is 1. The van der Waals surface area contributed by atoms with Gasteiger partial charge in [-0.25, -0.2) is 0 Å². The average Bonchev–Trinajstić information content (AvgIpc) is 3.09. The topological polar surface area (TPSA) is 44.8 Å². The molecular formula is C18H27N3O2. The van der Waals surface area contributed by atoms with E-state index in [1.54, 1.807) is 0 Å². The van der Waals surface area contributed by atoms with Gasteiger partial charge in [0.25, 0.3) is 5.91 Å². The molecule has 126 valence electrons. The van der Waals surface area contributed by atoms with Crippen molar-refractivity contribution >= 4 is 11.6 Å². The number of para-hydroxylation sites is 1. The summed E-state index contributed by atoms with van der Waals surface area (Å²) in [6, 6.07) is 8.11. The van der Waals surface area contributed by atoms with E-state index in [-0.39, 0.29) is 12.0 Å². The van der Waals surface area contributed by atoms with Gasteiger partial charge in [0.1, 0.15) is 6.10 Å². The van der Waals surface area contributed by atoms with E-state index in [9.17, 15) is 4.79 Å². The van der Waals surface area contributed by atoms with E-state index in [0.717, 1.165) is 38.4 Å². The third kappa shape index (κ3) is 4.31. The maximum atomic E-state index is 12.5. The van der Waals surface area contributed by atoms with Crippen molar-refractivity contribution in [1.82, 2.24) is 9.80 Å². The Balaban J connectivity index is 1.63. The van der Waals surface area contributed by atoms with E-state index in [2.05, 4.69) is 28.1 Å². The fraction of sp³-hybridized carbons (Fsp3) is 0.611. The van der Waals surface area contributed by atoms with Crippen LogP contribution in [0.15, 0.2) is 24.3 Å². The van der Waals surface area contributed by atoms with Crippen molar-refractivity contribution < 1.29 is 9.53 Å². The van der Waals surface area contributed by atoms with Crippen LogP contribution in [-0.2, 0) is 16.1 Å². The predicted octanol–water partition coefficient (Wildman–Crippen LogP) is 1.94. The van der Waals surface area contributed by atoms with E-state index < -0.39 is 0 Å². The fourth-order valence-corrected chi connectivity index (χ4v) is 3.32. The van der Waals surface area contributed by atoms with Crippen molar-refractivity contribution in [3.05, 3.63) is 29.8 Å². The molecule has 5 heteroatoms. The van der Waals surface area contributed by atoms with E-state index in [4.69, 9.17) is 4.74 Å². The summed E-state index contributed by atoms with van der Waals surface area (Å²) < 4.78 is 5.65. The van der Waals surface area contributed by atoms with Crippen LogP contribution in [0.25, 0.3) is 0 Å². The monoisotopic (exact) mass is 317 g/mol. The van der Waals surface area contributed by atoms with E-state index in [0.29, 0.717) is 13.2 Å². The summed E-state index contributed by atoms with van der Waals surface area (Å²) >= 11 is 0. The molecule has 2 saturated heterocycles. The van der Waals surface area contributed by atoms with Crippen LogP contribution in [0.1, 0.15) is 25.3 Å². The van der Waals surface area contributed by atoms with E-state index in [1.165, 1.54) is 18.4 Å². The van der Waals surface area contributed by atoms with Crippen molar-refractivity contribution in [2.75, 3.05) is 44.6 Å². The Morgan fingerprint density at radius 1 is 1.22 bits per heavy atom. The fourth-order valence-electron chi connectivity index (χ4n) is 3.32. The van der Waals surface area contributed by atoms with Gasteiger partial charge in [-0.05, 0) is 44.1 Å². The van der Waals surface area contributed by atoms with Crippen molar-refractivity contribution in [3.8, 4) is 0 Å². The summed E-state index contributed by atoms with van der Waals surface area (Å²) in [4.78, 5) is 17.2. The number of likely N-dealkylation sites (tertiary alicyclic amines) is 1. The van der Waals surface area contributed by atoms with Gasteiger partial charge in [-0.15, -0.1) is 0 Å². The number of nitrogens with zero attached hydrogens (tertiary/aromatic N) is 2. The standard InChI is InChI=1S/C18H27N3O2/c1-2-20-11-12-23-17(14-20)18(22)19-16-8-4-3-7-15(16)13-21-9-5-6-10-21/h3-4,7-8,17H,2,5-6,9-14H2,1H3,(H,19,22)/t17-/m1/s1. The molecule has 3 rings (SSSR count). The first kappa shape index (κ1) is 16.4. The number of amides is 1. The lowest BCUT2D eigenvalue weighted by atomic mass is 10.1. The van der Waals surface area contributed by atoms with Gasteiger partial charge >= 0.3 is 0 Å². The molecule has 1 N–H and O–H groups in total. The largest absolute Gasteiger partial charge is 0.366 e. The number of likely N-dealkylation sites (N-methyl/N-ethyl adjacent to an activating group) is 1. The zero-order chi connectivity index (χ0) is 16.1. The van der Waals surface area contributed by atoms with Crippen LogP contribution >= 0.6 is 0 Å². The summed E-state index contributed by atoms with van der Waals surface area (Å²) in [5.74, 6) is -0.0305. The lowest BCUT2D eigenvalue weighted by Gasteiger charge is -2.31. The molecule has 0 radical (unpaired) electrons. The Morgan fingerprint density at radius 3 is 2.78 bits per heavy atom. The number of hydrogen-bond acceptors (Lipinski definition) is 4. The second kappa shape index (κ2) is 7.90. The lowest BCUT2D eigenvalue weighted by Crippen LogP contribution is -2.47. The Morgan fingerprint density at radius 2 is 2.00 bits per heavy atom. The number of nitrogens with one attached hydrogen (secondary N) is 1. The Bertz CT molecular complexity index is 529. The maximum absolute atomic E-state index is 12.5. The molecular weight excluding hydrogens is 290 g/mol. The summed E-state index contributed by atoms with van der Waals surface area (Å²) in [6.45, 7) is 8.50. The first-order valence-electron chi connectivity index (χ1n) is 8.71. The van der Waals surface area contributed by atoms with E-state index in [1.807, 2.05) is 18.2 Å². The zero-order valence-electron chi connectivity index (χ0n) is 14.0. The lowest BCUT2D eigenvalue weighted by molar-refractivity contribution is -0.132. The third-order valence-electron chi connectivity index (χ3n) is 4.76. The number of ether oxygens (including phenoxy) is 1. The second-order valence-electron chi connectivity index (χ2n) is 6.38. The van der Waals surface area contributed by atoms with Crippen LogP contribution < -0.4 is 5.32 Å². The van der Waals surface area contributed by atoms with Crippen molar-refractivity contribution in [3.63, 3.8) is 0 Å². The molecule has 2 aliphatic heterocycles. The smallest absolute Gasteiger partial charge is 0.254 e. The zero-order valence-corrected chi connectivity index (χ0v) is 14.0. The van der Waals surface area contributed by atoms with Crippen LogP contribution in [0.2, 0.25) is 0 Å². The minimum Gasteiger partial charge on any atom is -0.366 e. The number of carbonyl (C=O) groups is 1. The molecule has 0 saturated carbocycles. The highest BCUT2D eigenvalue weighted by Gasteiger charge is 2.26. The molecule has 0 aliphatic carbocycles. The number of carbonyl (C=O) groups excluding carboxylic acids is 1. The Labute approximate surface area is 138 Å². The highest BCUT2D eigenvalue weighted by Crippen LogP contribution is 2.20. The maximum Gasteiger partial charge on any atom is 0.254 e. The van der Waals surface area contributed by atoms with Gasteiger partial charge < -0.3 is 10.1 Å². The molecule has 0 bridgehead atoms. The number of morpholine rings is 1. The molecule has 0 unspecified atom stereocenters. The normalized spacial score (nSPS) is 23.1. The summed E-state index contributed by atoms with van der Waals surface area (Å²) in [5.41, 5.74) is 2.10. The highest BCUT2D eigenvalue weighted by atomic mass is 16.5. The molecule has 2 fully saturated rings. The minimum absolute atomic E-state index is 0.0305. The van der Waals surface area contributed by atoms with Crippen LogP contribution in [0.3, 0.4) is 0 Å². The molecule has 1 atom stereocenters. The second-order valence-corrected chi connectivity index (χ2v) is 6.38. The van der Waals surface area contributed by atoms with Gasteiger partial charge in [0.15, 0.2) is 0 Å². The van der Waals surface area contributed by atoms with Crippen LogP contribution in [0, 0.1) is 0 Å². The van der Waals surface area contributed by atoms with Crippen molar-refractivity contribution in [2.24, 2.45) is 0 Å². The summed E-state index contributed by atoms with van der Waals surface area (Å²) in [6.07, 6.45) is 2.18. The highest BCUT2D eigenvalue weighted by molar-refractivity contribution is 5.95. The Hall–Kier alpha value is -1.43. The summed E-state index contributed by atoms with van der Waals surface area (Å²) in [5, 5.41) is 3.08. The first-order valence-corrected chi connectivity index (χ1v) is 8.71. The van der Waals surface area contributed by atoms with Crippen LogP contribution in [0.4, 0.5) is 5.69 Å². The van der Waals surface area contributed by atoms with E-state index >= 15 is 0 Å². The summed E-state index contributed by atoms with van der Waals surface area (Å²) in [7, 11) is 0. The Kier molecular flexibility index (Phi) is 5.65. The van der Waals surface area contributed by atoms with Gasteiger partial charge in [-0.3, -0.25) is 14.6 Å². The van der Waals surface area contributed by atoms with Gasteiger partial charge in [-0.1, -0.05) is 25.1 Å². The third-order valence-corrected chi connectivity index (χ3v) is 4.76. The number of hydrogen-bond donors (Lipinski definition) is 1. The number of rotatable bonds is 5. The van der Waals surface area contributed by atoms with Gasteiger partial charge in [0.2, 0.25) is 0 Å². The van der Waals surface area contributed by atoms with Crippen molar-refractivity contribution in [1.29, 1.82) is 0 Å². The minimum atomic E-state index is -0.372. The molecule has 2 aliphatic rings. The molecule has 23 heavy (non-hydrogen) atoms. The predicted molar refractivity (Wildman–Crippen MR) is 91.4 cm³/mol. The first-order chi connectivity index (χ1) is 11.3. The molecule has 2 heterocycles. The molecule has 5 nitrogen and oxygen atoms in total. The average molecular weight is 317 g/mol. The van der Waals surface area contributed by atoms with Gasteiger partial charge in [0, 0.05) is 25.3 Å². The van der Waals surface area contributed by atoms with Crippen LogP contribution in [0.5, 0.6) is 0 Å². The van der Waals surface area contributed by atoms with Crippen LogP contribution in [-0.4, -0.2) is 61.1 Å². The SMILES string of the molecule is CCN1CCO[C@@H](C(=O)Nc2ccccc2CN2CCCC2)C1. The van der Waals surface area contributed by atoms with Crippen molar-refractivity contribution in [2.45, 2.75) is 32.4 Å². The molecule has 1 aromatic rings. The quantitative estimate of drug-likeness (QED) is 0.901. The van der Waals surface area contributed by atoms with Gasteiger partial charge in [-0.2, -0.15) is 0 Å².